The highest BCUT2D eigenvalue weighted by Gasteiger charge is 2.00. The minimum Gasteiger partial charge on any atom is -0.351 e. The highest BCUT2D eigenvalue weighted by molar-refractivity contribution is 5.62. The van der Waals surface area contributed by atoms with Crippen LogP contribution in [0, 0.1) is 0 Å². The van der Waals surface area contributed by atoms with E-state index in [1.165, 1.54) is 11.3 Å². The van der Waals surface area contributed by atoms with Crippen molar-refractivity contribution >= 4 is 5.57 Å². The molecule has 0 aliphatic heterocycles. The van der Waals surface area contributed by atoms with Crippen molar-refractivity contribution in [2.45, 2.75) is 26.7 Å². The minimum atomic E-state index is 1.12. The second-order valence-electron chi connectivity index (χ2n) is 3.00. The van der Waals surface area contributed by atoms with Gasteiger partial charge >= 0.3 is 0 Å². The van der Waals surface area contributed by atoms with E-state index >= 15 is 0 Å². The van der Waals surface area contributed by atoms with E-state index in [-0.39, 0.29) is 0 Å². The summed E-state index contributed by atoms with van der Waals surface area (Å²) < 4.78 is 2.17. The van der Waals surface area contributed by atoms with E-state index in [0.717, 1.165) is 12.8 Å². The molecule has 12 heavy (non-hydrogen) atoms. The zero-order valence-corrected chi connectivity index (χ0v) is 8.17. The molecule has 1 heteroatoms. The number of aryl methyl sites for hydroxylation is 1. The third-order valence-electron chi connectivity index (χ3n) is 2.10. The summed E-state index contributed by atoms with van der Waals surface area (Å²) in [5, 5.41) is 0. The average Bonchev–Trinajstić information content (AvgIpc) is 2.47. The van der Waals surface area contributed by atoms with Crippen molar-refractivity contribution in [1.82, 2.24) is 4.57 Å². The van der Waals surface area contributed by atoms with Gasteiger partial charge in [-0.15, -0.1) is 0 Å². The Balaban J connectivity index is 2.95. The predicted octanol–water partition coefficient (Wildman–Crippen LogP) is 3.23. The number of aromatic nitrogens is 1. The Morgan fingerprint density at radius 1 is 1.50 bits per heavy atom. The fourth-order valence-corrected chi connectivity index (χ4v) is 1.47. The standard InChI is InChI=1S/C11H17N/c1-4-7-10(5-2)11-8-6-9-12(11)3/h6-9H,4-5H2,1-3H3/b10-7+. The molecule has 0 spiro atoms. The highest BCUT2D eigenvalue weighted by Crippen LogP contribution is 2.18. The Labute approximate surface area is 74.7 Å². The number of hydrogen-bond donors (Lipinski definition) is 0. The summed E-state index contributed by atoms with van der Waals surface area (Å²) in [4.78, 5) is 0. The first-order chi connectivity index (χ1) is 5.79. The molecular formula is C11H17N. The molecule has 1 heterocycles. The van der Waals surface area contributed by atoms with Crippen molar-refractivity contribution < 1.29 is 0 Å². The van der Waals surface area contributed by atoms with Gasteiger partial charge in [0.2, 0.25) is 0 Å². The van der Waals surface area contributed by atoms with Gasteiger partial charge < -0.3 is 4.57 Å². The van der Waals surface area contributed by atoms with Crippen LogP contribution < -0.4 is 0 Å². The van der Waals surface area contributed by atoms with Gasteiger partial charge in [0.1, 0.15) is 0 Å². The van der Waals surface area contributed by atoms with Crippen LogP contribution >= 0.6 is 0 Å². The molecule has 0 atom stereocenters. The van der Waals surface area contributed by atoms with Gasteiger partial charge in [0, 0.05) is 18.9 Å². The van der Waals surface area contributed by atoms with Crippen LogP contribution in [0.15, 0.2) is 24.4 Å². The summed E-state index contributed by atoms with van der Waals surface area (Å²) in [5.74, 6) is 0. The maximum atomic E-state index is 2.30. The van der Waals surface area contributed by atoms with Gasteiger partial charge in [-0.05, 0) is 30.5 Å². The quantitative estimate of drug-likeness (QED) is 0.644. The normalized spacial score (nSPS) is 12.1. The van der Waals surface area contributed by atoms with Crippen molar-refractivity contribution in [3.63, 3.8) is 0 Å². The van der Waals surface area contributed by atoms with E-state index in [9.17, 15) is 0 Å². The third-order valence-corrected chi connectivity index (χ3v) is 2.10. The maximum Gasteiger partial charge on any atom is 0.0433 e. The summed E-state index contributed by atoms with van der Waals surface area (Å²) in [5.41, 5.74) is 2.80. The molecule has 0 unspecified atom stereocenters. The monoisotopic (exact) mass is 163 g/mol. The van der Waals surface area contributed by atoms with Gasteiger partial charge in [-0.3, -0.25) is 0 Å². The molecule has 1 nitrogen and oxygen atoms in total. The molecule has 0 N–H and O–H groups in total. The number of allylic oxidation sites excluding steroid dienone is 2. The van der Waals surface area contributed by atoms with Crippen LogP contribution in [0.25, 0.3) is 5.57 Å². The second-order valence-corrected chi connectivity index (χ2v) is 3.00. The van der Waals surface area contributed by atoms with E-state index < -0.39 is 0 Å². The van der Waals surface area contributed by atoms with Crippen molar-refractivity contribution in [2.24, 2.45) is 7.05 Å². The lowest BCUT2D eigenvalue weighted by Gasteiger charge is -2.05. The Morgan fingerprint density at radius 3 is 2.67 bits per heavy atom. The molecule has 0 saturated carbocycles. The SMILES string of the molecule is CC/C=C(\CC)c1cccn1C. The van der Waals surface area contributed by atoms with Crippen LogP contribution in [0.4, 0.5) is 0 Å². The molecule has 1 rings (SSSR count). The molecule has 0 saturated heterocycles. The zero-order valence-electron chi connectivity index (χ0n) is 8.17. The Kier molecular flexibility index (Phi) is 3.15. The highest BCUT2D eigenvalue weighted by atomic mass is 14.9. The molecule has 0 bridgehead atoms. The van der Waals surface area contributed by atoms with Crippen LogP contribution in [0.3, 0.4) is 0 Å². The maximum absolute atomic E-state index is 2.30. The molecule has 0 aliphatic carbocycles. The summed E-state index contributed by atoms with van der Waals surface area (Å²) in [6.45, 7) is 4.38. The molecular weight excluding hydrogens is 146 g/mol. The summed E-state index contributed by atoms with van der Waals surface area (Å²) >= 11 is 0. The van der Waals surface area contributed by atoms with Crippen LogP contribution in [-0.4, -0.2) is 4.57 Å². The topological polar surface area (TPSA) is 4.93 Å². The largest absolute Gasteiger partial charge is 0.351 e. The average molecular weight is 163 g/mol. The van der Waals surface area contributed by atoms with Crippen LogP contribution in [0.5, 0.6) is 0 Å². The van der Waals surface area contributed by atoms with Crippen molar-refractivity contribution in [1.29, 1.82) is 0 Å². The first kappa shape index (κ1) is 9.11. The molecule has 1 aromatic heterocycles. The third kappa shape index (κ3) is 1.79. The van der Waals surface area contributed by atoms with Crippen molar-refractivity contribution in [3.8, 4) is 0 Å². The first-order valence-electron chi connectivity index (χ1n) is 4.60. The van der Waals surface area contributed by atoms with Gasteiger partial charge in [-0.2, -0.15) is 0 Å². The Bertz CT molecular complexity index is 268. The fourth-order valence-electron chi connectivity index (χ4n) is 1.47. The minimum absolute atomic E-state index is 1.12. The van der Waals surface area contributed by atoms with E-state index in [1.54, 1.807) is 0 Å². The van der Waals surface area contributed by atoms with Crippen molar-refractivity contribution in [3.05, 3.63) is 30.1 Å². The number of nitrogens with zero attached hydrogens (tertiary/aromatic N) is 1. The predicted molar refractivity (Wildman–Crippen MR) is 54.0 cm³/mol. The lowest BCUT2D eigenvalue weighted by molar-refractivity contribution is 0.899. The van der Waals surface area contributed by atoms with Gasteiger partial charge in [0.05, 0.1) is 0 Å². The first-order valence-corrected chi connectivity index (χ1v) is 4.60. The van der Waals surface area contributed by atoms with Gasteiger partial charge in [0.15, 0.2) is 0 Å². The molecule has 0 radical (unpaired) electrons. The van der Waals surface area contributed by atoms with E-state index in [4.69, 9.17) is 0 Å². The summed E-state index contributed by atoms with van der Waals surface area (Å²) in [6, 6.07) is 4.26. The van der Waals surface area contributed by atoms with E-state index in [1.807, 2.05) is 0 Å². The lowest BCUT2D eigenvalue weighted by Crippen LogP contribution is -1.93. The second kappa shape index (κ2) is 4.15. The molecule has 66 valence electrons. The van der Waals surface area contributed by atoms with Crippen LogP contribution in [-0.2, 0) is 7.05 Å². The summed E-state index contributed by atoms with van der Waals surface area (Å²) in [6.07, 6.45) is 6.63. The number of hydrogen-bond acceptors (Lipinski definition) is 0. The van der Waals surface area contributed by atoms with Gasteiger partial charge in [0.25, 0.3) is 0 Å². The zero-order chi connectivity index (χ0) is 8.97. The summed E-state index contributed by atoms with van der Waals surface area (Å²) in [7, 11) is 2.09. The molecule has 1 aromatic rings. The molecule has 0 aromatic carbocycles. The van der Waals surface area contributed by atoms with E-state index in [2.05, 4.69) is 49.9 Å². The van der Waals surface area contributed by atoms with Crippen LogP contribution in [0.2, 0.25) is 0 Å². The molecule has 0 fully saturated rings. The lowest BCUT2D eigenvalue weighted by atomic mass is 10.1. The van der Waals surface area contributed by atoms with Gasteiger partial charge in [-0.1, -0.05) is 19.9 Å². The fraction of sp³-hybridized carbons (Fsp3) is 0.455. The van der Waals surface area contributed by atoms with Crippen molar-refractivity contribution in [2.75, 3.05) is 0 Å². The molecule has 0 amide bonds. The number of rotatable bonds is 3. The van der Waals surface area contributed by atoms with Gasteiger partial charge in [-0.25, -0.2) is 0 Å². The van der Waals surface area contributed by atoms with Crippen LogP contribution in [0.1, 0.15) is 32.4 Å². The Hall–Kier alpha value is -0.980. The van der Waals surface area contributed by atoms with E-state index in [0.29, 0.717) is 0 Å². The molecule has 0 aliphatic rings. The smallest absolute Gasteiger partial charge is 0.0433 e. The Morgan fingerprint density at radius 2 is 2.25 bits per heavy atom.